The Balaban J connectivity index is 1.47. The van der Waals surface area contributed by atoms with Crippen molar-refractivity contribution in [2.24, 2.45) is 0 Å². The summed E-state index contributed by atoms with van der Waals surface area (Å²) in [6, 6.07) is 17.5. The number of fused-ring (bicyclic) bond motifs is 1. The maximum absolute atomic E-state index is 6.14. The highest BCUT2D eigenvalue weighted by atomic mass is 35.5. The summed E-state index contributed by atoms with van der Waals surface area (Å²) >= 11 is 6.14. The Morgan fingerprint density at radius 2 is 1.57 bits per heavy atom. The second-order valence-electron chi connectivity index (χ2n) is 7.93. The van der Waals surface area contributed by atoms with E-state index in [0.29, 0.717) is 11.7 Å². The van der Waals surface area contributed by atoms with Crippen LogP contribution < -0.4 is 5.32 Å². The predicted octanol–water partition coefficient (Wildman–Crippen LogP) is 5.69. The van der Waals surface area contributed by atoms with Gasteiger partial charge in [-0.3, -0.25) is 0 Å². The van der Waals surface area contributed by atoms with Gasteiger partial charge in [0.15, 0.2) is 5.65 Å². The highest BCUT2D eigenvalue weighted by molar-refractivity contribution is 6.30. The highest BCUT2D eigenvalue weighted by Gasteiger charge is 2.21. The zero-order chi connectivity index (χ0) is 20.3. The van der Waals surface area contributed by atoms with Crippen molar-refractivity contribution < 1.29 is 0 Å². The maximum atomic E-state index is 6.14. The monoisotopic (exact) mass is 417 g/mol. The number of aromatic nitrogens is 4. The first-order valence-corrected chi connectivity index (χ1v) is 10.9. The lowest BCUT2D eigenvalue weighted by Gasteiger charge is -2.29. The first-order chi connectivity index (χ1) is 14.8. The first kappa shape index (κ1) is 19.2. The van der Waals surface area contributed by atoms with Crippen molar-refractivity contribution in [1.82, 2.24) is 25.3 Å². The van der Waals surface area contributed by atoms with Crippen LogP contribution in [0.25, 0.3) is 22.4 Å². The number of hydrogen-bond donors (Lipinski definition) is 2. The molecular weight excluding hydrogens is 394 g/mol. The Labute approximate surface area is 180 Å². The molecule has 0 aliphatic heterocycles. The van der Waals surface area contributed by atoms with Crippen molar-refractivity contribution in [3.63, 3.8) is 0 Å². The van der Waals surface area contributed by atoms with E-state index < -0.39 is 0 Å². The molecule has 0 radical (unpaired) electrons. The van der Waals surface area contributed by atoms with Crippen LogP contribution in [-0.2, 0) is 0 Å². The van der Waals surface area contributed by atoms with Gasteiger partial charge in [-0.05, 0) is 36.1 Å². The molecule has 1 atom stereocenters. The smallest absolute Gasteiger partial charge is 0.181 e. The Morgan fingerprint density at radius 3 is 2.30 bits per heavy atom. The molecule has 0 spiro atoms. The molecule has 1 aliphatic carbocycles. The fourth-order valence-corrected chi connectivity index (χ4v) is 4.49. The summed E-state index contributed by atoms with van der Waals surface area (Å²) in [5, 5.41) is 4.67. The third-order valence-electron chi connectivity index (χ3n) is 5.95. The maximum Gasteiger partial charge on any atom is 0.181 e. The van der Waals surface area contributed by atoms with E-state index in [1.165, 1.54) is 43.2 Å². The number of nitrogens with one attached hydrogen (secondary N) is 2. The zero-order valence-electron chi connectivity index (χ0n) is 16.7. The number of H-pyrrole nitrogens is 1. The van der Waals surface area contributed by atoms with Gasteiger partial charge in [0.05, 0.1) is 18.1 Å². The van der Waals surface area contributed by atoms with Crippen molar-refractivity contribution in [1.29, 1.82) is 0 Å². The minimum Gasteiger partial charge on any atom is -0.341 e. The number of benzene rings is 2. The van der Waals surface area contributed by atoms with Gasteiger partial charge in [0.2, 0.25) is 0 Å². The van der Waals surface area contributed by atoms with Crippen LogP contribution in [-0.4, -0.2) is 26.0 Å². The van der Waals surface area contributed by atoms with E-state index >= 15 is 0 Å². The second-order valence-corrected chi connectivity index (χ2v) is 8.37. The van der Waals surface area contributed by atoms with Crippen molar-refractivity contribution in [3.05, 3.63) is 77.3 Å². The van der Waals surface area contributed by atoms with Crippen LogP contribution in [0.3, 0.4) is 0 Å². The Morgan fingerprint density at radius 1 is 0.867 bits per heavy atom. The molecule has 30 heavy (non-hydrogen) atoms. The molecule has 0 amide bonds. The van der Waals surface area contributed by atoms with E-state index in [9.17, 15) is 0 Å². The van der Waals surface area contributed by atoms with Crippen LogP contribution in [0.4, 0.5) is 0 Å². The predicted molar refractivity (Wildman–Crippen MR) is 120 cm³/mol. The van der Waals surface area contributed by atoms with E-state index in [4.69, 9.17) is 11.6 Å². The van der Waals surface area contributed by atoms with Gasteiger partial charge in [-0.2, -0.15) is 0 Å². The van der Waals surface area contributed by atoms with Gasteiger partial charge in [-0.1, -0.05) is 67.3 Å². The summed E-state index contributed by atoms with van der Waals surface area (Å²) in [5.74, 6) is 0. The quantitative estimate of drug-likeness (QED) is 0.438. The van der Waals surface area contributed by atoms with Gasteiger partial charge in [0, 0.05) is 16.6 Å². The molecule has 2 aromatic heterocycles. The molecule has 1 fully saturated rings. The molecule has 1 saturated carbocycles. The van der Waals surface area contributed by atoms with E-state index in [1.54, 1.807) is 12.7 Å². The molecule has 1 unspecified atom stereocenters. The van der Waals surface area contributed by atoms with Crippen LogP contribution in [0.1, 0.15) is 49.3 Å². The van der Waals surface area contributed by atoms with E-state index in [2.05, 4.69) is 61.7 Å². The number of imidazole rings is 1. The van der Waals surface area contributed by atoms with Crippen molar-refractivity contribution in [2.75, 3.05) is 0 Å². The Kier molecular flexibility index (Phi) is 5.47. The van der Waals surface area contributed by atoms with Crippen molar-refractivity contribution in [3.8, 4) is 11.3 Å². The second kappa shape index (κ2) is 8.54. The minimum atomic E-state index is 0.136. The molecule has 6 heteroatoms. The molecular formula is C24H24ClN5. The number of rotatable bonds is 5. The normalized spacial score (nSPS) is 16.0. The lowest BCUT2D eigenvalue weighted by molar-refractivity contribution is 0.354. The molecule has 152 valence electrons. The number of nitrogens with zero attached hydrogens (tertiary/aromatic N) is 3. The van der Waals surface area contributed by atoms with E-state index in [0.717, 1.165) is 21.8 Å². The number of halogens is 1. The van der Waals surface area contributed by atoms with Crippen LogP contribution in [0.15, 0.2) is 61.2 Å². The van der Waals surface area contributed by atoms with Crippen molar-refractivity contribution in [2.45, 2.75) is 44.2 Å². The lowest BCUT2D eigenvalue weighted by Crippen LogP contribution is -2.35. The average molecular weight is 418 g/mol. The van der Waals surface area contributed by atoms with Crippen LogP contribution in [0, 0.1) is 0 Å². The molecule has 2 aromatic carbocycles. The lowest BCUT2D eigenvalue weighted by atomic mass is 9.91. The van der Waals surface area contributed by atoms with Gasteiger partial charge in [0.25, 0.3) is 0 Å². The SMILES string of the molecule is Clc1ccc(C(NC2CCCCC2)c2ccc(-c3ncnc4nc[nH]c34)cc2)cc1. The molecule has 5 nitrogen and oxygen atoms in total. The molecule has 0 saturated heterocycles. The fourth-order valence-electron chi connectivity index (χ4n) is 4.36. The summed E-state index contributed by atoms with van der Waals surface area (Å²) in [7, 11) is 0. The first-order valence-electron chi connectivity index (χ1n) is 10.5. The summed E-state index contributed by atoms with van der Waals surface area (Å²) in [6.07, 6.45) is 9.65. The van der Waals surface area contributed by atoms with Gasteiger partial charge in [-0.25, -0.2) is 15.0 Å². The van der Waals surface area contributed by atoms with Gasteiger partial charge in [0.1, 0.15) is 11.8 Å². The third kappa shape index (κ3) is 3.95. The van der Waals surface area contributed by atoms with Gasteiger partial charge < -0.3 is 10.3 Å². The largest absolute Gasteiger partial charge is 0.341 e. The Hall–Kier alpha value is -2.76. The van der Waals surface area contributed by atoms with Crippen LogP contribution in [0.5, 0.6) is 0 Å². The summed E-state index contributed by atoms with van der Waals surface area (Å²) in [6.45, 7) is 0. The Bertz CT molecular complexity index is 1110. The molecule has 1 aliphatic rings. The summed E-state index contributed by atoms with van der Waals surface area (Å²) in [5.41, 5.74) is 5.93. The minimum absolute atomic E-state index is 0.136. The number of aromatic amines is 1. The topological polar surface area (TPSA) is 66.5 Å². The van der Waals surface area contributed by atoms with E-state index in [1.807, 2.05) is 12.1 Å². The van der Waals surface area contributed by atoms with Crippen LogP contribution in [0.2, 0.25) is 5.02 Å². The number of hydrogen-bond acceptors (Lipinski definition) is 4. The van der Waals surface area contributed by atoms with Crippen molar-refractivity contribution >= 4 is 22.8 Å². The van der Waals surface area contributed by atoms with E-state index in [-0.39, 0.29) is 6.04 Å². The highest BCUT2D eigenvalue weighted by Crippen LogP contribution is 2.30. The molecule has 5 rings (SSSR count). The summed E-state index contributed by atoms with van der Waals surface area (Å²) < 4.78 is 0. The van der Waals surface area contributed by atoms with Gasteiger partial charge >= 0.3 is 0 Å². The molecule has 2 N–H and O–H groups in total. The molecule has 2 heterocycles. The van der Waals surface area contributed by atoms with Gasteiger partial charge in [-0.15, -0.1) is 0 Å². The third-order valence-corrected chi connectivity index (χ3v) is 6.20. The zero-order valence-corrected chi connectivity index (χ0v) is 17.4. The average Bonchev–Trinajstić information content (AvgIpc) is 3.28. The fraction of sp³-hybridized carbons (Fsp3) is 0.292. The molecule has 4 aromatic rings. The molecule has 0 bridgehead atoms. The summed E-state index contributed by atoms with van der Waals surface area (Å²) in [4.78, 5) is 16.1. The van der Waals surface area contributed by atoms with Crippen LogP contribution >= 0.6 is 11.6 Å². The standard InChI is InChI=1S/C24H24ClN5/c25-19-12-10-17(11-13-19)21(30-20-4-2-1-3-5-20)16-6-8-18(9-7-16)22-23-24(28-14-26-22)29-15-27-23/h6-15,20-21,30H,1-5H2,(H,26,27,28,29).